The number of aliphatic imine (C=N–C) groups is 1. The molecule has 1 unspecified atom stereocenters. The van der Waals surface area contributed by atoms with Gasteiger partial charge in [-0.1, -0.05) is 12.1 Å². The van der Waals surface area contributed by atoms with Crippen LogP contribution in [-0.2, 0) is 19.5 Å². The molecule has 0 saturated heterocycles. The molecule has 0 amide bonds. The summed E-state index contributed by atoms with van der Waals surface area (Å²) in [5, 5.41) is 15.5. The van der Waals surface area contributed by atoms with Crippen LogP contribution in [0.5, 0.6) is 11.5 Å². The number of rotatable bonds is 6. The van der Waals surface area contributed by atoms with E-state index in [0.29, 0.717) is 31.2 Å². The van der Waals surface area contributed by atoms with Crippen molar-refractivity contribution in [2.75, 3.05) is 13.7 Å². The fraction of sp³-hybridized carbons (Fsp3) is 0.364. The van der Waals surface area contributed by atoms with Crippen molar-refractivity contribution in [1.82, 2.24) is 10.6 Å². The third-order valence-corrected chi connectivity index (χ3v) is 4.59. The van der Waals surface area contributed by atoms with Gasteiger partial charge in [0, 0.05) is 37.7 Å². The number of ether oxygens (including phenoxy) is 2. The van der Waals surface area contributed by atoms with Crippen LogP contribution < -0.4 is 20.1 Å². The van der Waals surface area contributed by atoms with Crippen LogP contribution in [0.15, 0.2) is 41.4 Å². The Morgan fingerprint density at radius 1 is 1.25 bits per heavy atom. The Hall–Kier alpha value is -3.20. The molecule has 0 bridgehead atoms. The first kappa shape index (κ1) is 19.6. The summed E-state index contributed by atoms with van der Waals surface area (Å²) in [5.74, 6) is 2.52. The lowest BCUT2D eigenvalue weighted by molar-refractivity contribution is 0.254. The standard InChI is InChI=1S/C22H26N4O2/c1-4-27-20-10-18-9-15(2)28-21(18)11-19(20)14-26-22(24-3)25-13-17-7-5-16(12-23)6-8-17/h5-8,10-11,15H,4,9,13-14H2,1-3H3,(H2,24,25,26). The van der Waals surface area contributed by atoms with E-state index < -0.39 is 0 Å². The van der Waals surface area contributed by atoms with Crippen LogP contribution in [0.4, 0.5) is 0 Å². The number of hydrogen-bond donors (Lipinski definition) is 2. The molecule has 1 atom stereocenters. The lowest BCUT2D eigenvalue weighted by atomic mass is 10.1. The van der Waals surface area contributed by atoms with Gasteiger partial charge in [0.15, 0.2) is 5.96 Å². The minimum Gasteiger partial charge on any atom is -0.494 e. The van der Waals surface area contributed by atoms with Crippen molar-refractivity contribution in [3.63, 3.8) is 0 Å². The average molecular weight is 378 g/mol. The van der Waals surface area contributed by atoms with Gasteiger partial charge < -0.3 is 20.1 Å². The average Bonchev–Trinajstić information content (AvgIpc) is 3.07. The largest absolute Gasteiger partial charge is 0.494 e. The van der Waals surface area contributed by atoms with E-state index in [1.165, 1.54) is 5.56 Å². The van der Waals surface area contributed by atoms with Gasteiger partial charge in [0.25, 0.3) is 0 Å². The van der Waals surface area contributed by atoms with Crippen LogP contribution in [0.2, 0.25) is 0 Å². The fourth-order valence-corrected chi connectivity index (χ4v) is 3.19. The molecule has 0 aliphatic carbocycles. The van der Waals surface area contributed by atoms with E-state index in [1.54, 1.807) is 7.05 Å². The van der Waals surface area contributed by atoms with Gasteiger partial charge in [-0.15, -0.1) is 0 Å². The van der Waals surface area contributed by atoms with Gasteiger partial charge in [0.05, 0.1) is 18.2 Å². The van der Waals surface area contributed by atoms with Gasteiger partial charge in [-0.2, -0.15) is 5.26 Å². The Balaban J connectivity index is 1.63. The molecule has 2 N–H and O–H groups in total. The number of fused-ring (bicyclic) bond motifs is 1. The minimum atomic E-state index is 0.203. The number of hydrogen-bond acceptors (Lipinski definition) is 4. The topological polar surface area (TPSA) is 78.7 Å². The lowest BCUT2D eigenvalue weighted by Gasteiger charge is -2.16. The summed E-state index contributed by atoms with van der Waals surface area (Å²) in [6, 6.07) is 13.8. The van der Waals surface area contributed by atoms with Crippen molar-refractivity contribution < 1.29 is 9.47 Å². The predicted molar refractivity (Wildman–Crippen MR) is 110 cm³/mol. The molecule has 146 valence electrons. The molecule has 0 saturated carbocycles. The number of nitrogens with one attached hydrogen (secondary N) is 2. The predicted octanol–water partition coefficient (Wildman–Crippen LogP) is 3.15. The molecule has 0 radical (unpaired) electrons. The molecular formula is C22H26N4O2. The van der Waals surface area contributed by atoms with Crippen molar-refractivity contribution in [1.29, 1.82) is 5.26 Å². The number of nitriles is 1. The van der Waals surface area contributed by atoms with Crippen molar-refractivity contribution in [3.05, 3.63) is 58.7 Å². The first-order valence-electron chi connectivity index (χ1n) is 9.51. The van der Waals surface area contributed by atoms with Crippen LogP contribution in [0.3, 0.4) is 0 Å². The highest BCUT2D eigenvalue weighted by atomic mass is 16.5. The quantitative estimate of drug-likeness (QED) is 0.596. The zero-order valence-electron chi connectivity index (χ0n) is 16.6. The van der Waals surface area contributed by atoms with E-state index in [0.717, 1.165) is 29.0 Å². The van der Waals surface area contributed by atoms with E-state index in [-0.39, 0.29) is 6.10 Å². The van der Waals surface area contributed by atoms with Gasteiger partial charge in [0.1, 0.15) is 17.6 Å². The molecule has 2 aromatic carbocycles. The highest BCUT2D eigenvalue weighted by molar-refractivity contribution is 5.79. The second-order valence-corrected chi connectivity index (χ2v) is 6.72. The highest BCUT2D eigenvalue weighted by Gasteiger charge is 2.21. The molecule has 1 aliphatic heterocycles. The van der Waals surface area contributed by atoms with Crippen molar-refractivity contribution in [3.8, 4) is 17.6 Å². The van der Waals surface area contributed by atoms with Crippen LogP contribution in [0.1, 0.15) is 36.1 Å². The molecule has 1 aliphatic rings. The van der Waals surface area contributed by atoms with Crippen LogP contribution in [0, 0.1) is 11.3 Å². The maximum absolute atomic E-state index is 8.88. The second kappa shape index (κ2) is 9.14. The maximum atomic E-state index is 8.88. The second-order valence-electron chi connectivity index (χ2n) is 6.72. The molecule has 2 aromatic rings. The summed E-state index contributed by atoms with van der Waals surface area (Å²) in [4.78, 5) is 4.28. The molecule has 0 fully saturated rings. The monoisotopic (exact) mass is 378 g/mol. The Kier molecular flexibility index (Phi) is 6.38. The maximum Gasteiger partial charge on any atom is 0.191 e. The van der Waals surface area contributed by atoms with Crippen LogP contribution >= 0.6 is 0 Å². The van der Waals surface area contributed by atoms with Crippen molar-refractivity contribution in [2.24, 2.45) is 4.99 Å². The molecule has 1 heterocycles. The van der Waals surface area contributed by atoms with Gasteiger partial charge in [-0.3, -0.25) is 4.99 Å². The number of nitrogens with zero attached hydrogens (tertiary/aromatic N) is 2. The molecule has 0 aromatic heterocycles. The minimum absolute atomic E-state index is 0.203. The molecule has 6 heteroatoms. The van der Waals surface area contributed by atoms with E-state index in [4.69, 9.17) is 14.7 Å². The highest BCUT2D eigenvalue weighted by Crippen LogP contribution is 2.35. The van der Waals surface area contributed by atoms with E-state index in [1.807, 2.05) is 31.2 Å². The SMILES string of the molecule is CCOc1cc2c(cc1CNC(=NC)NCc1ccc(C#N)cc1)OC(C)C2. The van der Waals surface area contributed by atoms with Gasteiger partial charge in [-0.05, 0) is 43.7 Å². The summed E-state index contributed by atoms with van der Waals surface area (Å²) in [7, 11) is 1.74. The van der Waals surface area contributed by atoms with Crippen molar-refractivity contribution in [2.45, 2.75) is 39.5 Å². The lowest BCUT2D eigenvalue weighted by Crippen LogP contribution is -2.36. The molecule has 0 spiro atoms. The van der Waals surface area contributed by atoms with Gasteiger partial charge in [-0.25, -0.2) is 0 Å². The zero-order valence-corrected chi connectivity index (χ0v) is 16.6. The van der Waals surface area contributed by atoms with Gasteiger partial charge >= 0.3 is 0 Å². The number of guanidine groups is 1. The summed E-state index contributed by atoms with van der Waals surface area (Å²) < 4.78 is 11.7. The third kappa shape index (κ3) is 4.74. The van der Waals surface area contributed by atoms with Crippen molar-refractivity contribution >= 4 is 5.96 Å². The summed E-state index contributed by atoms with van der Waals surface area (Å²) >= 11 is 0. The first-order chi connectivity index (χ1) is 13.6. The Morgan fingerprint density at radius 2 is 2.00 bits per heavy atom. The number of benzene rings is 2. The molecule has 28 heavy (non-hydrogen) atoms. The molecule has 6 nitrogen and oxygen atoms in total. The van der Waals surface area contributed by atoms with Crippen LogP contribution in [0.25, 0.3) is 0 Å². The first-order valence-corrected chi connectivity index (χ1v) is 9.51. The normalized spacial score (nSPS) is 15.4. The van der Waals surface area contributed by atoms with Crippen LogP contribution in [-0.4, -0.2) is 25.7 Å². The Bertz CT molecular complexity index is 885. The molecular weight excluding hydrogens is 352 g/mol. The zero-order chi connectivity index (χ0) is 19.9. The Labute approximate surface area is 166 Å². The molecule has 3 rings (SSSR count). The van der Waals surface area contributed by atoms with E-state index in [2.05, 4.69) is 40.8 Å². The van der Waals surface area contributed by atoms with E-state index >= 15 is 0 Å². The fourth-order valence-electron chi connectivity index (χ4n) is 3.19. The third-order valence-electron chi connectivity index (χ3n) is 4.59. The van der Waals surface area contributed by atoms with Gasteiger partial charge in [0.2, 0.25) is 0 Å². The summed E-state index contributed by atoms with van der Waals surface area (Å²) in [6.07, 6.45) is 1.12. The van der Waals surface area contributed by atoms with E-state index in [9.17, 15) is 0 Å². The Morgan fingerprint density at radius 3 is 2.68 bits per heavy atom. The summed E-state index contributed by atoms with van der Waals surface area (Å²) in [6.45, 7) is 5.88. The smallest absolute Gasteiger partial charge is 0.191 e. The summed E-state index contributed by atoms with van der Waals surface area (Å²) in [5.41, 5.74) is 3.97.